The Balaban J connectivity index is 2.08. The van der Waals surface area contributed by atoms with Gasteiger partial charge >= 0.3 is 0 Å². The summed E-state index contributed by atoms with van der Waals surface area (Å²) in [6, 6.07) is 13.2. The highest BCUT2D eigenvalue weighted by molar-refractivity contribution is 7.84. The molecule has 0 aliphatic rings. The quantitative estimate of drug-likeness (QED) is 0.848. The van der Waals surface area contributed by atoms with E-state index in [1.54, 1.807) is 19.2 Å². The summed E-state index contributed by atoms with van der Waals surface area (Å²) in [5.74, 6) is 0.863. The lowest BCUT2D eigenvalue weighted by Gasteiger charge is -2.04. The molecule has 0 amide bonds. The van der Waals surface area contributed by atoms with Gasteiger partial charge in [-0.25, -0.2) is 4.39 Å². The average molecular weight is 264 g/mol. The summed E-state index contributed by atoms with van der Waals surface area (Å²) in [6.45, 7) is 0. The Morgan fingerprint density at radius 2 is 1.67 bits per heavy atom. The van der Waals surface area contributed by atoms with Gasteiger partial charge in [-0.1, -0.05) is 12.1 Å². The number of ether oxygens (including phenoxy) is 1. The topological polar surface area (TPSA) is 26.3 Å². The lowest BCUT2D eigenvalue weighted by molar-refractivity contribution is 0.414. The van der Waals surface area contributed by atoms with Gasteiger partial charge in [-0.05, 0) is 42.0 Å². The number of methoxy groups -OCH3 is 1. The van der Waals surface area contributed by atoms with E-state index in [2.05, 4.69) is 0 Å². The third-order valence-electron chi connectivity index (χ3n) is 2.53. The maximum absolute atomic E-state index is 12.7. The van der Waals surface area contributed by atoms with E-state index in [4.69, 9.17) is 4.74 Å². The number of rotatable bonds is 4. The van der Waals surface area contributed by atoms with Crippen molar-refractivity contribution in [1.29, 1.82) is 0 Å². The monoisotopic (exact) mass is 264 g/mol. The molecule has 0 radical (unpaired) electrons. The van der Waals surface area contributed by atoms with Crippen molar-refractivity contribution in [3.63, 3.8) is 0 Å². The van der Waals surface area contributed by atoms with Crippen LogP contribution < -0.4 is 4.74 Å². The Morgan fingerprint density at radius 3 is 2.22 bits per heavy atom. The van der Waals surface area contributed by atoms with Gasteiger partial charge in [0.2, 0.25) is 0 Å². The van der Waals surface area contributed by atoms with Crippen molar-refractivity contribution < 1.29 is 13.3 Å². The summed E-state index contributed by atoms with van der Waals surface area (Å²) in [6.07, 6.45) is 0. The molecule has 1 atom stereocenters. The van der Waals surface area contributed by atoms with Crippen LogP contribution in [0.1, 0.15) is 5.56 Å². The summed E-state index contributed by atoms with van der Waals surface area (Å²) >= 11 is 0. The van der Waals surface area contributed by atoms with Crippen LogP contribution in [0.4, 0.5) is 4.39 Å². The van der Waals surface area contributed by atoms with Crippen LogP contribution in [-0.2, 0) is 16.6 Å². The van der Waals surface area contributed by atoms with E-state index in [0.717, 1.165) is 11.3 Å². The van der Waals surface area contributed by atoms with Crippen molar-refractivity contribution in [1.82, 2.24) is 0 Å². The number of benzene rings is 2. The van der Waals surface area contributed by atoms with E-state index in [9.17, 15) is 8.60 Å². The maximum atomic E-state index is 12.7. The summed E-state index contributed by atoms with van der Waals surface area (Å²) in [4.78, 5) is 0.632. The molecule has 2 rings (SSSR count). The Kier molecular flexibility index (Phi) is 4.10. The van der Waals surface area contributed by atoms with Gasteiger partial charge in [-0.15, -0.1) is 0 Å². The highest BCUT2D eigenvalue weighted by Crippen LogP contribution is 2.16. The minimum Gasteiger partial charge on any atom is -0.497 e. The number of hydrogen-bond donors (Lipinski definition) is 0. The van der Waals surface area contributed by atoms with Gasteiger partial charge in [0.15, 0.2) is 0 Å². The van der Waals surface area contributed by atoms with Gasteiger partial charge in [0.25, 0.3) is 0 Å². The van der Waals surface area contributed by atoms with E-state index in [-0.39, 0.29) is 5.82 Å². The summed E-state index contributed by atoms with van der Waals surface area (Å²) in [7, 11) is 0.444. The fourth-order valence-electron chi connectivity index (χ4n) is 1.54. The van der Waals surface area contributed by atoms with E-state index in [1.165, 1.54) is 12.1 Å². The predicted octanol–water partition coefficient (Wildman–Crippen LogP) is 3.14. The molecule has 0 aliphatic heterocycles. The highest BCUT2D eigenvalue weighted by atomic mass is 32.2. The van der Waals surface area contributed by atoms with Crippen molar-refractivity contribution in [3.8, 4) is 5.75 Å². The van der Waals surface area contributed by atoms with E-state index < -0.39 is 10.8 Å². The van der Waals surface area contributed by atoms with Crippen LogP contribution >= 0.6 is 0 Å². The van der Waals surface area contributed by atoms with Gasteiger partial charge in [0.05, 0.1) is 23.7 Å². The first kappa shape index (κ1) is 12.8. The van der Waals surface area contributed by atoms with Crippen LogP contribution in [0.25, 0.3) is 0 Å². The lowest BCUT2D eigenvalue weighted by Crippen LogP contribution is -1.96. The zero-order chi connectivity index (χ0) is 13.0. The Labute approximate surface area is 108 Å². The molecule has 2 nitrogen and oxygen atoms in total. The molecular weight excluding hydrogens is 251 g/mol. The van der Waals surface area contributed by atoms with Crippen molar-refractivity contribution >= 4 is 10.8 Å². The smallest absolute Gasteiger partial charge is 0.123 e. The van der Waals surface area contributed by atoms with E-state index in [1.807, 2.05) is 24.3 Å². The third kappa shape index (κ3) is 3.17. The second-order valence-corrected chi connectivity index (χ2v) is 5.24. The Morgan fingerprint density at radius 1 is 1.06 bits per heavy atom. The van der Waals surface area contributed by atoms with Crippen LogP contribution in [0.2, 0.25) is 0 Å². The fourth-order valence-corrected chi connectivity index (χ4v) is 2.64. The van der Waals surface area contributed by atoms with Crippen LogP contribution in [0.15, 0.2) is 53.4 Å². The molecule has 94 valence electrons. The molecule has 18 heavy (non-hydrogen) atoms. The first-order valence-electron chi connectivity index (χ1n) is 5.46. The normalized spacial score (nSPS) is 12.1. The van der Waals surface area contributed by atoms with Gasteiger partial charge < -0.3 is 4.74 Å². The second kappa shape index (κ2) is 5.78. The van der Waals surface area contributed by atoms with Gasteiger partial charge in [-0.3, -0.25) is 4.21 Å². The SMILES string of the molecule is COc1ccc(CS(=O)c2ccc(F)cc2)cc1. The molecule has 0 aliphatic carbocycles. The first-order valence-corrected chi connectivity index (χ1v) is 6.78. The van der Waals surface area contributed by atoms with Crippen LogP contribution in [0.5, 0.6) is 5.75 Å². The van der Waals surface area contributed by atoms with Crippen LogP contribution in [-0.4, -0.2) is 11.3 Å². The molecule has 2 aromatic rings. The minimum absolute atomic E-state index is 0.319. The third-order valence-corrected chi connectivity index (χ3v) is 3.93. The van der Waals surface area contributed by atoms with Crippen molar-refractivity contribution in [2.75, 3.05) is 7.11 Å². The zero-order valence-electron chi connectivity index (χ0n) is 9.93. The van der Waals surface area contributed by atoms with Gasteiger partial charge in [0, 0.05) is 4.90 Å². The molecule has 0 aromatic heterocycles. The molecule has 0 saturated heterocycles. The largest absolute Gasteiger partial charge is 0.497 e. The molecule has 0 heterocycles. The molecule has 1 unspecified atom stereocenters. The molecule has 4 heteroatoms. The van der Waals surface area contributed by atoms with Crippen molar-refractivity contribution in [2.45, 2.75) is 10.6 Å². The molecule has 0 saturated carbocycles. The molecule has 0 spiro atoms. The predicted molar refractivity (Wildman–Crippen MR) is 69.5 cm³/mol. The highest BCUT2D eigenvalue weighted by Gasteiger charge is 2.05. The maximum Gasteiger partial charge on any atom is 0.123 e. The average Bonchev–Trinajstić information content (AvgIpc) is 2.40. The molecular formula is C14H13FO2S. The van der Waals surface area contributed by atoms with Crippen molar-refractivity contribution in [3.05, 3.63) is 59.9 Å². The van der Waals surface area contributed by atoms with Crippen molar-refractivity contribution in [2.24, 2.45) is 0 Å². The molecule has 0 bridgehead atoms. The summed E-state index contributed by atoms with van der Waals surface area (Å²) in [5, 5.41) is 0. The summed E-state index contributed by atoms with van der Waals surface area (Å²) < 4.78 is 29.8. The second-order valence-electron chi connectivity index (χ2n) is 3.79. The minimum atomic E-state index is -1.16. The van der Waals surface area contributed by atoms with Gasteiger partial charge in [-0.2, -0.15) is 0 Å². The lowest BCUT2D eigenvalue weighted by atomic mass is 10.2. The molecule has 0 fully saturated rings. The standard InChI is InChI=1S/C14H13FO2S/c1-17-13-6-2-11(3-7-13)10-18(16)14-8-4-12(15)5-9-14/h2-9H,10H2,1H3. The molecule has 0 N–H and O–H groups in total. The summed E-state index contributed by atoms with van der Waals surface area (Å²) in [5.41, 5.74) is 0.957. The molecule has 2 aromatic carbocycles. The Bertz CT molecular complexity index is 535. The zero-order valence-corrected chi connectivity index (χ0v) is 10.7. The van der Waals surface area contributed by atoms with E-state index in [0.29, 0.717) is 10.6 Å². The van der Waals surface area contributed by atoms with Gasteiger partial charge in [0.1, 0.15) is 11.6 Å². The Hall–Kier alpha value is -1.68. The fraction of sp³-hybridized carbons (Fsp3) is 0.143. The first-order chi connectivity index (χ1) is 8.69. The number of hydrogen-bond acceptors (Lipinski definition) is 2. The number of halogens is 1. The van der Waals surface area contributed by atoms with E-state index >= 15 is 0 Å². The van der Waals surface area contributed by atoms with Crippen LogP contribution in [0, 0.1) is 5.82 Å². The van der Waals surface area contributed by atoms with Crippen LogP contribution in [0.3, 0.4) is 0 Å².